The molecular weight excluding hydrogens is 339 g/mol. The fraction of sp³-hybridized carbons (Fsp3) is 0.400. The number of aliphatic hydroxyl groups excluding tert-OH is 1. The van der Waals surface area contributed by atoms with Crippen molar-refractivity contribution in [2.45, 2.75) is 19.6 Å². The normalized spacial score (nSPS) is 12.2. The molecule has 1 unspecified atom stereocenters. The number of ether oxygens (including phenoxy) is 1. The van der Waals surface area contributed by atoms with E-state index in [1.165, 1.54) is 23.0 Å². The summed E-state index contributed by atoms with van der Waals surface area (Å²) in [5.74, 6) is -0.880. The first kappa shape index (κ1) is 18.3. The van der Waals surface area contributed by atoms with Crippen LogP contribution in [0.4, 0.5) is 4.39 Å². The van der Waals surface area contributed by atoms with E-state index in [9.17, 15) is 14.3 Å². The molecule has 1 atom stereocenters. The SMILES string of the molecule is CCOCC(O)CNC(=O)c1cn(Cc2ccc(F)cc2Cl)nn1. The van der Waals surface area contributed by atoms with Crippen molar-refractivity contribution in [2.75, 3.05) is 19.8 Å². The molecule has 9 heteroatoms. The van der Waals surface area contributed by atoms with E-state index in [-0.39, 0.29) is 30.4 Å². The van der Waals surface area contributed by atoms with Crippen LogP contribution >= 0.6 is 11.6 Å². The van der Waals surface area contributed by atoms with Gasteiger partial charge in [-0.1, -0.05) is 22.9 Å². The van der Waals surface area contributed by atoms with E-state index in [2.05, 4.69) is 15.6 Å². The van der Waals surface area contributed by atoms with Crippen molar-refractivity contribution in [2.24, 2.45) is 0 Å². The summed E-state index contributed by atoms with van der Waals surface area (Å²) < 4.78 is 19.5. The Balaban J connectivity index is 1.91. The van der Waals surface area contributed by atoms with Gasteiger partial charge >= 0.3 is 0 Å². The van der Waals surface area contributed by atoms with Gasteiger partial charge in [-0.15, -0.1) is 5.10 Å². The van der Waals surface area contributed by atoms with E-state index in [4.69, 9.17) is 16.3 Å². The van der Waals surface area contributed by atoms with Gasteiger partial charge in [0.05, 0.1) is 25.5 Å². The Morgan fingerprint density at radius 1 is 1.54 bits per heavy atom. The smallest absolute Gasteiger partial charge is 0.273 e. The highest BCUT2D eigenvalue weighted by Crippen LogP contribution is 2.18. The minimum atomic E-state index is -0.790. The third-order valence-electron chi connectivity index (χ3n) is 3.13. The molecule has 2 N–H and O–H groups in total. The minimum Gasteiger partial charge on any atom is -0.389 e. The molecule has 2 rings (SSSR count). The van der Waals surface area contributed by atoms with E-state index in [0.29, 0.717) is 12.2 Å². The number of hydrogen-bond donors (Lipinski definition) is 2. The fourth-order valence-corrected chi connectivity index (χ4v) is 2.15. The molecule has 0 spiro atoms. The quantitative estimate of drug-likeness (QED) is 0.743. The molecule has 1 amide bonds. The lowest BCUT2D eigenvalue weighted by atomic mass is 10.2. The van der Waals surface area contributed by atoms with Crippen LogP contribution in [0.3, 0.4) is 0 Å². The number of amides is 1. The average molecular weight is 357 g/mol. The molecule has 7 nitrogen and oxygen atoms in total. The number of nitrogens with zero attached hydrogens (tertiary/aromatic N) is 3. The fourth-order valence-electron chi connectivity index (χ4n) is 1.92. The Kier molecular flexibility index (Phi) is 6.65. The highest BCUT2D eigenvalue weighted by atomic mass is 35.5. The van der Waals surface area contributed by atoms with E-state index >= 15 is 0 Å². The molecule has 1 aromatic heterocycles. The number of rotatable bonds is 8. The lowest BCUT2D eigenvalue weighted by molar-refractivity contribution is 0.0417. The van der Waals surface area contributed by atoms with Gasteiger partial charge in [-0.05, 0) is 24.6 Å². The van der Waals surface area contributed by atoms with Crippen molar-refractivity contribution in [3.05, 3.63) is 46.5 Å². The van der Waals surface area contributed by atoms with Crippen LogP contribution in [0.25, 0.3) is 0 Å². The number of halogens is 2. The molecule has 0 saturated carbocycles. The summed E-state index contributed by atoms with van der Waals surface area (Å²) in [7, 11) is 0. The third-order valence-corrected chi connectivity index (χ3v) is 3.48. The van der Waals surface area contributed by atoms with Gasteiger partial charge in [0.15, 0.2) is 5.69 Å². The van der Waals surface area contributed by atoms with Crippen LogP contribution in [-0.2, 0) is 11.3 Å². The molecule has 130 valence electrons. The van der Waals surface area contributed by atoms with Gasteiger partial charge in [-0.25, -0.2) is 9.07 Å². The Hall–Kier alpha value is -2.03. The maximum Gasteiger partial charge on any atom is 0.273 e. The molecule has 0 saturated heterocycles. The molecule has 1 heterocycles. The number of carbonyl (C=O) groups excluding carboxylic acids is 1. The van der Waals surface area contributed by atoms with Crippen LogP contribution in [0.15, 0.2) is 24.4 Å². The number of benzene rings is 1. The number of hydrogen-bond acceptors (Lipinski definition) is 5. The Labute approximate surface area is 143 Å². The average Bonchev–Trinajstić information content (AvgIpc) is 3.02. The standard InChI is InChI=1S/C15H18ClFN4O3/c1-2-24-9-12(22)6-18-15(23)14-8-21(20-19-14)7-10-3-4-11(17)5-13(10)16/h3-5,8,12,22H,2,6-7,9H2,1H3,(H,18,23). The number of carbonyl (C=O) groups is 1. The first-order valence-corrected chi connectivity index (χ1v) is 7.75. The first-order chi connectivity index (χ1) is 11.5. The second-order valence-electron chi connectivity index (χ2n) is 5.06. The zero-order valence-corrected chi connectivity index (χ0v) is 13.8. The van der Waals surface area contributed by atoms with Crippen LogP contribution in [0, 0.1) is 5.82 Å². The maximum absolute atomic E-state index is 13.0. The molecule has 1 aromatic carbocycles. The zero-order chi connectivity index (χ0) is 17.5. The van der Waals surface area contributed by atoms with Crippen LogP contribution in [-0.4, -0.2) is 51.9 Å². The number of aliphatic hydroxyl groups is 1. The van der Waals surface area contributed by atoms with Crippen molar-refractivity contribution in [1.82, 2.24) is 20.3 Å². The second-order valence-corrected chi connectivity index (χ2v) is 5.47. The largest absolute Gasteiger partial charge is 0.389 e. The number of nitrogens with one attached hydrogen (secondary N) is 1. The molecule has 0 radical (unpaired) electrons. The van der Waals surface area contributed by atoms with Crippen molar-refractivity contribution in [3.8, 4) is 0 Å². The highest BCUT2D eigenvalue weighted by Gasteiger charge is 2.13. The van der Waals surface area contributed by atoms with Gasteiger partial charge in [0.25, 0.3) is 5.91 Å². The van der Waals surface area contributed by atoms with Crippen molar-refractivity contribution < 1.29 is 19.0 Å². The summed E-state index contributed by atoms with van der Waals surface area (Å²) in [5.41, 5.74) is 0.763. The van der Waals surface area contributed by atoms with Crippen LogP contribution < -0.4 is 5.32 Å². The van der Waals surface area contributed by atoms with Gasteiger partial charge < -0.3 is 15.2 Å². The maximum atomic E-state index is 13.0. The lowest BCUT2D eigenvalue weighted by Gasteiger charge is -2.10. The van der Waals surface area contributed by atoms with Gasteiger partial charge in [0.1, 0.15) is 5.82 Å². The molecule has 0 fully saturated rings. The Bertz CT molecular complexity index is 695. The predicted molar refractivity (Wildman–Crippen MR) is 85.4 cm³/mol. The topological polar surface area (TPSA) is 89.3 Å². The Morgan fingerprint density at radius 2 is 2.33 bits per heavy atom. The molecule has 0 aliphatic carbocycles. The zero-order valence-electron chi connectivity index (χ0n) is 13.1. The van der Waals surface area contributed by atoms with Crippen molar-refractivity contribution in [3.63, 3.8) is 0 Å². The summed E-state index contributed by atoms with van der Waals surface area (Å²) in [6.45, 7) is 2.76. The molecule has 2 aromatic rings. The van der Waals surface area contributed by atoms with Crippen molar-refractivity contribution in [1.29, 1.82) is 0 Å². The van der Waals surface area contributed by atoms with Gasteiger partial charge in [-0.2, -0.15) is 0 Å². The monoisotopic (exact) mass is 356 g/mol. The first-order valence-electron chi connectivity index (χ1n) is 7.37. The molecular formula is C15H18ClFN4O3. The summed E-state index contributed by atoms with van der Waals surface area (Å²) in [5, 5.41) is 20.0. The summed E-state index contributed by atoms with van der Waals surface area (Å²) in [6.07, 6.45) is 0.659. The van der Waals surface area contributed by atoms with Gasteiger partial charge in [0, 0.05) is 18.2 Å². The molecule has 0 bridgehead atoms. The summed E-state index contributed by atoms with van der Waals surface area (Å²) in [4.78, 5) is 11.9. The van der Waals surface area contributed by atoms with E-state index in [0.717, 1.165) is 0 Å². The van der Waals surface area contributed by atoms with Gasteiger partial charge in [0.2, 0.25) is 0 Å². The van der Waals surface area contributed by atoms with E-state index < -0.39 is 17.8 Å². The van der Waals surface area contributed by atoms with Crippen LogP contribution in [0.2, 0.25) is 5.02 Å². The molecule has 0 aliphatic rings. The minimum absolute atomic E-state index is 0.0511. The lowest BCUT2D eigenvalue weighted by Crippen LogP contribution is -2.34. The van der Waals surface area contributed by atoms with Crippen LogP contribution in [0.1, 0.15) is 23.0 Å². The predicted octanol–water partition coefficient (Wildman–Crippen LogP) is 1.25. The number of aromatic nitrogens is 3. The van der Waals surface area contributed by atoms with E-state index in [1.807, 2.05) is 6.92 Å². The summed E-state index contributed by atoms with van der Waals surface area (Å²) >= 11 is 5.95. The second kappa shape index (κ2) is 8.72. The third kappa shape index (κ3) is 5.26. The highest BCUT2D eigenvalue weighted by molar-refractivity contribution is 6.31. The Morgan fingerprint density at radius 3 is 3.04 bits per heavy atom. The summed E-state index contributed by atoms with van der Waals surface area (Å²) in [6, 6.07) is 4.05. The van der Waals surface area contributed by atoms with Crippen LogP contribution in [0.5, 0.6) is 0 Å². The molecule has 0 aliphatic heterocycles. The van der Waals surface area contributed by atoms with Crippen molar-refractivity contribution >= 4 is 17.5 Å². The van der Waals surface area contributed by atoms with E-state index in [1.54, 1.807) is 6.07 Å². The molecule has 24 heavy (non-hydrogen) atoms. The van der Waals surface area contributed by atoms with Gasteiger partial charge in [-0.3, -0.25) is 4.79 Å².